The fourth-order valence-corrected chi connectivity index (χ4v) is 4.67. The minimum atomic E-state index is -0.157. The number of anilines is 2. The van der Waals surface area contributed by atoms with Crippen molar-refractivity contribution in [3.63, 3.8) is 0 Å². The Kier molecular flexibility index (Phi) is 5.88. The fourth-order valence-electron chi connectivity index (χ4n) is 4.67. The highest BCUT2D eigenvalue weighted by Crippen LogP contribution is 2.32. The number of aromatic nitrogens is 4. The first-order valence-corrected chi connectivity index (χ1v) is 11.5. The molecule has 1 atom stereocenters. The Balaban J connectivity index is 1.43. The lowest BCUT2D eigenvalue weighted by molar-refractivity contribution is -0.120. The summed E-state index contributed by atoms with van der Waals surface area (Å²) < 4.78 is 7.21. The second-order valence-electron chi connectivity index (χ2n) is 8.67. The van der Waals surface area contributed by atoms with Crippen molar-refractivity contribution in [1.29, 1.82) is 0 Å². The minimum absolute atomic E-state index is 0.000244. The smallest absolute Gasteiger partial charge is 0.229 e. The van der Waals surface area contributed by atoms with E-state index in [0.717, 1.165) is 58.9 Å². The van der Waals surface area contributed by atoms with Crippen LogP contribution in [0.4, 0.5) is 11.5 Å². The molecule has 1 fully saturated rings. The molecule has 0 radical (unpaired) electrons. The van der Waals surface area contributed by atoms with Crippen LogP contribution in [0.5, 0.6) is 5.75 Å². The predicted octanol–water partition coefficient (Wildman–Crippen LogP) is 4.30. The molecule has 1 amide bonds. The zero-order chi connectivity index (χ0) is 23.7. The third-order valence-corrected chi connectivity index (χ3v) is 6.41. The maximum absolute atomic E-state index is 13.1. The maximum atomic E-state index is 13.1. The maximum Gasteiger partial charge on any atom is 0.229 e. The van der Waals surface area contributed by atoms with Gasteiger partial charge in [-0.2, -0.15) is 10.2 Å². The molecule has 0 aliphatic carbocycles. The summed E-state index contributed by atoms with van der Waals surface area (Å²) in [6.07, 6.45) is 1.72. The number of hydrogen-bond acceptors (Lipinski definition) is 6. The first kappa shape index (κ1) is 21.9. The van der Waals surface area contributed by atoms with Crippen molar-refractivity contribution >= 4 is 28.3 Å². The van der Waals surface area contributed by atoms with Gasteiger partial charge in [0.1, 0.15) is 11.3 Å². The molecule has 8 nitrogen and oxygen atoms in total. The minimum Gasteiger partial charge on any atom is -0.497 e. The Labute approximate surface area is 198 Å². The molecule has 1 saturated heterocycles. The van der Waals surface area contributed by atoms with Gasteiger partial charge in [0.2, 0.25) is 5.91 Å². The van der Waals surface area contributed by atoms with Gasteiger partial charge in [-0.05, 0) is 51.0 Å². The second-order valence-corrected chi connectivity index (χ2v) is 8.67. The van der Waals surface area contributed by atoms with E-state index in [-0.39, 0.29) is 11.8 Å². The number of nitrogens with one attached hydrogen (secondary N) is 1. The lowest BCUT2D eigenvalue weighted by atomic mass is 9.97. The summed E-state index contributed by atoms with van der Waals surface area (Å²) in [5.41, 5.74) is 4.43. The Bertz CT molecular complexity index is 1330. The van der Waals surface area contributed by atoms with Crippen molar-refractivity contribution in [2.45, 2.75) is 26.7 Å². The van der Waals surface area contributed by atoms with E-state index in [1.54, 1.807) is 7.11 Å². The van der Waals surface area contributed by atoms with Gasteiger partial charge in [0.25, 0.3) is 0 Å². The average Bonchev–Trinajstić information content (AvgIpc) is 3.23. The molecule has 0 unspecified atom stereocenters. The molecule has 0 bridgehead atoms. The van der Waals surface area contributed by atoms with E-state index < -0.39 is 0 Å². The number of hydrogen-bond donors (Lipinski definition) is 1. The van der Waals surface area contributed by atoms with Crippen molar-refractivity contribution in [2.75, 3.05) is 30.4 Å². The van der Waals surface area contributed by atoms with Crippen LogP contribution in [0.3, 0.4) is 0 Å². The second kappa shape index (κ2) is 9.13. The van der Waals surface area contributed by atoms with Crippen LogP contribution in [-0.2, 0) is 4.79 Å². The van der Waals surface area contributed by atoms with E-state index in [4.69, 9.17) is 9.84 Å². The number of methoxy groups -OCH3 is 1. The van der Waals surface area contributed by atoms with E-state index in [1.807, 2.05) is 66.2 Å². The van der Waals surface area contributed by atoms with Crippen LogP contribution in [0.2, 0.25) is 0 Å². The van der Waals surface area contributed by atoms with Crippen molar-refractivity contribution in [2.24, 2.45) is 5.92 Å². The normalized spacial score (nSPS) is 16.0. The first-order valence-electron chi connectivity index (χ1n) is 11.5. The van der Waals surface area contributed by atoms with E-state index >= 15 is 0 Å². The molecule has 1 aliphatic heterocycles. The summed E-state index contributed by atoms with van der Waals surface area (Å²) in [5, 5.41) is 18.0. The molecule has 0 spiro atoms. The van der Waals surface area contributed by atoms with Gasteiger partial charge in [0.05, 0.1) is 35.5 Å². The number of carbonyl (C=O) groups excluding carboxylic acids is 1. The largest absolute Gasteiger partial charge is 0.497 e. The number of benzene rings is 2. The van der Waals surface area contributed by atoms with E-state index in [1.165, 1.54) is 0 Å². The van der Waals surface area contributed by atoms with Gasteiger partial charge < -0.3 is 15.0 Å². The molecule has 174 valence electrons. The molecular formula is C26H28N6O2. The van der Waals surface area contributed by atoms with Gasteiger partial charge in [-0.15, -0.1) is 5.10 Å². The standard InChI is InChI=1S/C26H28N6O2/c1-17-23-18(2)32(21-11-5-4-6-12-21)30-24(23)25(29-28-17)31-14-8-9-19(16-31)26(33)27-20-10-7-13-22(15-20)34-3/h4-7,10-13,15,19H,8-9,14,16H2,1-3H3,(H,27,33)/t19-/m1/s1. The van der Waals surface area contributed by atoms with Gasteiger partial charge in [0.15, 0.2) is 5.82 Å². The molecule has 2 aromatic heterocycles. The molecular weight excluding hydrogens is 428 g/mol. The monoisotopic (exact) mass is 456 g/mol. The molecule has 2 aromatic carbocycles. The van der Waals surface area contributed by atoms with Crippen LogP contribution < -0.4 is 15.0 Å². The Morgan fingerprint density at radius 1 is 1.09 bits per heavy atom. The van der Waals surface area contributed by atoms with E-state index in [2.05, 4.69) is 27.3 Å². The molecule has 34 heavy (non-hydrogen) atoms. The first-order chi connectivity index (χ1) is 16.5. The Morgan fingerprint density at radius 3 is 2.71 bits per heavy atom. The lowest BCUT2D eigenvalue weighted by Gasteiger charge is -2.32. The van der Waals surface area contributed by atoms with Crippen LogP contribution in [0.25, 0.3) is 16.6 Å². The van der Waals surface area contributed by atoms with Crippen LogP contribution in [0.1, 0.15) is 24.2 Å². The Hall–Kier alpha value is -3.94. The lowest BCUT2D eigenvalue weighted by Crippen LogP contribution is -2.41. The molecule has 0 saturated carbocycles. The van der Waals surface area contributed by atoms with Crippen LogP contribution in [0, 0.1) is 19.8 Å². The van der Waals surface area contributed by atoms with Crippen LogP contribution in [-0.4, -0.2) is 46.1 Å². The van der Waals surface area contributed by atoms with Crippen molar-refractivity contribution < 1.29 is 9.53 Å². The zero-order valence-corrected chi connectivity index (χ0v) is 19.7. The van der Waals surface area contributed by atoms with Crippen LogP contribution in [0.15, 0.2) is 54.6 Å². The highest BCUT2D eigenvalue weighted by atomic mass is 16.5. The number of rotatable bonds is 5. The third-order valence-electron chi connectivity index (χ3n) is 6.41. The molecule has 4 aromatic rings. The van der Waals surface area contributed by atoms with Crippen LogP contribution >= 0.6 is 0 Å². The Morgan fingerprint density at radius 2 is 1.91 bits per heavy atom. The van der Waals surface area contributed by atoms with Gasteiger partial charge in [-0.1, -0.05) is 24.3 Å². The number of amides is 1. The summed E-state index contributed by atoms with van der Waals surface area (Å²) in [6.45, 7) is 5.40. The number of nitrogens with zero attached hydrogens (tertiary/aromatic N) is 5. The number of aryl methyl sites for hydroxylation is 2. The summed E-state index contributed by atoms with van der Waals surface area (Å²) >= 11 is 0. The number of para-hydroxylation sites is 1. The van der Waals surface area contributed by atoms with Crippen molar-refractivity contribution in [3.8, 4) is 11.4 Å². The fraction of sp³-hybridized carbons (Fsp3) is 0.308. The highest BCUT2D eigenvalue weighted by Gasteiger charge is 2.29. The summed E-state index contributed by atoms with van der Waals surface area (Å²) in [6, 6.07) is 17.5. The summed E-state index contributed by atoms with van der Waals surface area (Å²) in [7, 11) is 1.62. The average molecular weight is 457 g/mol. The van der Waals surface area contributed by atoms with Crippen molar-refractivity contribution in [3.05, 3.63) is 66.0 Å². The third kappa shape index (κ3) is 4.07. The predicted molar refractivity (Wildman–Crippen MR) is 133 cm³/mol. The molecule has 1 aliphatic rings. The summed E-state index contributed by atoms with van der Waals surface area (Å²) in [4.78, 5) is 15.2. The highest BCUT2D eigenvalue weighted by molar-refractivity contribution is 5.95. The number of carbonyl (C=O) groups is 1. The number of fused-ring (bicyclic) bond motifs is 1. The quantitative estimate of drug-likeness (QED) is 0.482. The van der Waals surface area contributed by atoms with Gasteiger partial charge in [-0.3, -0.25) is 4.79 Å². The summed E-state index contributed by atoms with van der Waals surface area (Å²) in [5.74, 6) is 1.29. The molecule has 3 heterocycles. The molecule has 8 heteroatoms. The topological polar surface area (TPSA) is 85.2 Å². The molecule has 1 N–H and O–H groups in total. The zero-order valence-electron chi connectivity index (χ0n) is 19.7. The van der Waals surface area contributed by atoms with Crippen molar-refractivity contribution in [1.82, 2.24) is 20.0 Å². The van der Waals surface area contributed by atoms with Gasteiger partial charge in [0, 0.05) is 24.8 Å². The number of ether oxygens (including phenoxy) is 1. The van der Waals surface area contributed by atoms with Gasteiger partial charge in [-0.25, -0.2) is 4.68 Å². The van der Waals surface area contributed by atoms with E-state index in [9.17, 15) is 4.79 Å². The van der Waals surface area contributed by atoms with Gasteiger partial charge >= 0.3 is 0 Å². The number of piperidine rings is 1. The molecule has 5 rings (SSSR count). The SMILES string of the molecule is COc1cccc(NC(=O)[C@@H]2CCCN(c3nnc(C)c4c(C)n(-c5ccccc5)nc34)C2)c1. The van der Waals surface area contributed by atoms with E-state index in [0.29, 0.717) is 12.3 Å².